The van der Waals surface area contributed by atoms with Gasteiger partial charge in [-0.3, -0.25) is 0 Å². The highest BCUT2D eigenvalue weighted by atomic mass is 16.6. The van der Waals surface area contributed by atoms with Crippen LogP contribution in [0.3, 0.4) is 0 Å². The van der Waals surface area contributed by atoms with E-state index in [1.165, 1.54) is 0 Å². The van der Waals surface area contributed by atoms with Crippen molar-refractivity contribution in [3.8, 4) is 6.07 Å². The highest BCUT2D eigenvalue weighted by Crippen LogP contribution is 2.44. The molecule has 0 saturated carbocycles. The van der Waals surface area contributed by atoms with E-state index in [1.54, 1.807) is 0 Å². The molecule has 450 valence electrons. The first-order chi connectivity index (χ1) is 40.1. The van der Waals surface area contributed by atoms with Crippen molar-refractivity contribution < 1.29 is 67.8 Å². The Hall–Kier alpha value is -5.57. The van der Waals surface area contributed by atoms with Crippen molar-refractivity contribution in [1.82, 2.24) is 0 Å². The molecule has 0 saturated heterocycles. The summed E-state index contributed by atoms with van der Waals surface area (Å²) in [5, 5.41) is 52.1. The van der Waals surface area contributed by atoms with Gasteiger partial charge in [-0.1, -0.05) is 84.9 Å². The molecule has 0 amide bonds. The van der Waals surface area contributed by atoms with Crippen molar-refractivity contribution in [1.29, 1.82) is 5.26 Å². The number of rotatable bonds is 46. The molecule has 5 rings (SSSR count). The van der Waals surface area contributed by atoms with E-state index in [9.17, 15) is 15.5 Å². The quantitative estimate of drug-likeness (QED) is 0.0256. The SMILES string of the molecule is Cc1cc(N(Cc2ccccc2)CC(O)COCCOCCOCCOCCOCCO)ccc1C(C#N)(c1ccc(N(C)C)cc1)c1ccc(N(Cc2ccccc2)CC(O)COCCOCCOCCOCCOCCO)cc1C. The number of benzene rings is 5. The van der Waals surface area contributed by atoms with Gasteiger partial charge in [-0.05, 0) is 89.2 Å². The molecule has 0 heterocycles. The molecule has 0 spiro atoms. The van der Waals surface area contributed by atoms with Crippen LogP contribution in [0, 0.1) is 25.2 Å². The van der Waals surface area contributed by atoms with E-state index in [2.05, 4.69) is 64.4 Å². The molecule has 2 atom stereocenters. The fourth-order valence-electron chi connectivity index (χ4n) is 9.25. The molecule has 18 heteroatoms. The summed E-state index contributed by atoms with van der Waals surface area (Å²) in [6.07, 6.45) is -1.62. The topological polar surface area (TPSA) is 207 Å². The zero-order valence-corrected chi connectivity index (χ0v) is 48.7. The Morgan fingerprint density at radius 1 is 0.427 bits per heavy atom. The number of aliphatic hydroxyl groups excluding tert-OH is 4. The molecule has 2 unspecified atom stereocenters. The minimum absolute atomic E-state index is 0.00794. The van der Waals surface area contributed by atoms with Crippen LogP contribution >= 0.6 is 0 Å². The van der Waals surface area contributed by atoms with Gasteiger partial charge in [0.1, 0.15) is 5.41 Å². The van der Waals surface area contributed by atoms with Gasteiger partial charge in [-0.15, -0.1) is 0 Å². The molecule has 18 nitrogen and oxygen atoms in total. The summed E-state index contributed by atoms with van der Waals surface area (Å²) in [6, 6.07) is 43.7. The standard InChI is InChI=1S/C64H90N4O14/c1-52-43-58(67(45-54-11-7-5-8-12-54)47-60(71)49-81-41-39-79-37-35-77-33-31-75-29-27-73-25-23-69)19-21-62(52)64(51-65,56-15-17-57(18-16-56)66(3)4)63-22-20-59(44-53(63)2)68(46-55-13-9-6-10-14-55)48-61(72)50-82-42-40-80-38-36-78-34-32-76-30-28-74-26-24-70/h5-22,43-44,60-61,69-72H,23-42,45-50H2,1-4H3. The molecule has 0 aliphatic heterocycles. The van der Waals surface area contributed by atoms with E-state index in [0.29, 0.717) is 145 Å². The van der Waals surface area contributed by atoms with Crippen molar-refractivity contribution in [2.45, 2.75) is 44.6 Å². The van der Waals surface area contributed by atoms with Gasteiger partial charge >= 0.3 is 0 Å². The first kappa shape index (κ1) is 67.2. The number of ether oxygens (including phenoxy) is 10. The number of nitrogens with zero attached hydrogens (tertiary/aromatic N) is 4. The van der Waals surface area contributed by atoms with Crippen LogP contribution in [0.15, 0.2) is 121 Å². The number of hydrogen-bond acceptors (Lipinski definition) is 18. The number of hydrogen-bond donors (Lipinski definition) is 4. The van der Waals surface area contributed by atoms with Crippen LogP contribution in [-0.4, -0.2) is 205 Å². The van der Waals surface area contributed by atoms with Gasteiger partial charge in [0.25, 0.3) is 0 Å². The maximum atomic E-state index is 11.8. The second kappa shape index (κ2) is 39.8. The minimum Gasteiger partial charge on any atom is -0.394 e. The van der Waals surface area contributed by atoms with Crippen LogP contribution in [0.25, 0.3) is 0 Å². The molecular formula is C64H90N4O14. The Morgan fingerprint density at radius 3 is 1.05 bits per heavy atom. The lowest BCUT2D eigenvalue weighted by atomic mass is 9.68. The monoisotopic (exact) mass is 1140 g/mol. The van der Waals surface area contributed by atoms with Crippen LogP contribution in [-0.2, 0) is 65.9 Å². The van der Waals surface area contributed by atoms with Crippen LogP contribution in [0.1, 0.15) is 38.9 Å². The summed E-state index contributed by atoms with van der Waals surface area (Å²) in [7, 11) is 3.99. The summed E-state index contributed by atoms with van der Waals surface area (Å²) < 4.78 is 55.4. The van der Waals surface area contributed by atoms with Gasteiger partial charge in [0.05, 0.1) is 164 Å². The number of aryl methyl sites for hydroxylation is 2. The Labute approximate surface area is 486 Å². The van der Waals surface area contributed by atoms with E-state index in [4.69, 9.17) is 57.6 Å². The first-order valence-electron chi connectivity index (χ1n) is 28.4. The third-order valence-electron chi connectivity index (χ3n) is 13.3. The largest absolute Gasteiger partial charge is 0.394 e. The normalized spacial score (nSPS) is 12.9. The molecule has 82 heavy (non-hydrogen) atoms. The zero-order chi connectivity index (χ0) is 58.5. The molecule has 0 aromatic heterocycles. The maximum Gasteiger partial charge on any atom is 0.133 e. The van der Waals surface area contributed by atoms with Gasteiger partial charge < -0.3 is 82.5 Å². The van der Waals surface area contributed by atoms with Crippen molar-refractivity contribution in [2.24, 2.45) is 0 Å². The molecule has 5 aromatic rings. The van der Waals surface area contributed by atoms with Gasteiger partial charge in [-0.25, -0.2) is 0 Å². The maximum absolute atomic E-state index is 11.8. The summed E-state index contributed by atoms with van der Waals surface area (Å²) in [6.45, 7) is 13.1. The Balaban J connectivity index is 1.27. The van der Waals surface area contributed by atoms with Crippen molar-refractivity contribution in [3.63, 3.8) is 0 Å². The Bertz CT molecular complexity index is 2350. The summed E-state index contributed by atoms with van der Waals surface area (Å²) in [4.78, 5) is 6.33. The lowest BCUT2D eigenvalue weighted by molar-refractivity contribution is -0.0212. The molecule has 4 N–H and O–H groups in total. The lowest BCUT2D eigenvalue weighted by Crippen LogP contribution is -2.35. The summed E-state index contributed by atoms with van der Waals surface area (Å²) >= 11 is 0. The summed E-state index contributed by atoms with van der Waals surface area (Å²) in [5.74, 6) is 0. The molecule has 0 fully saturated rings. The van der Waals surface area contributed by atoms with Crippen LogP contribution < -0.4 is 14.7 Å². The third-order valence-corrected chi connectivity index (χ3v) is 13.3. The zero-order valence-electron chi connectivity index (χ0n) is 48.7. The third kappa shape index (κ3) is 24.0. The van der Waals surface area contributed by atoms with Crippen LogP contribution in [0.4, 0.5) is 17.1 Å². The van der Waals surface area contributed by atoms with Gasteiger partial charge in [0, 0.05) is 57.3 Å². The van der Waals surface area contributed by atoms with E-state index < -0.39 is 17.6 Å². The van der Waals surface area contributed by atoms with Crippen molar-refractivity contribution in [3.05, 3.63) is 160 Å². The van der Waals surface area contributed by atoms with E-state index in [1.807, 2.05) is 106 Å². The van der Waals surface area contributed by atoms with E-state index >= 15 is 0 Å². The van der Waals surface area contributed by atoms with Gasteiger partial charge in [0.2, 0.25) is 0 Å². The molecular weight excluding hydrogens is 1050 g/mol. The first-order valence-corrected chi connectivity index (χ1v) is 28.4. The smallest absolute Gasteiger partial charge is 0.133 e. The Morgan fingerprint density at radius 2 is 0.744 bits per heavy atom. The number of anilines is 3. The molecule has 0 aliphatic rings. The van der Waals surface area contributed by atoms with Crippen LogP contribution in [0.5, 0.6) is 0 Å². The van der Waals surface area contributed by atoms with E-state index in [0.717, 1.165) is 56.0 Å². The fraction of sp³-hybridized carbons (Fsp3) is 0.516. The fourth-order valence-corrected chi connectivity index (χ4v) is 9.25. The predicted molar refractivity (Wildman–Crippen MR) is 318 cm³/mol. The minimum atomic E-state index is -1.23. The molecule has 0 radical (unpaired) electrons. The average Bonchev–Trinajstić information content (AvgIpc) is 3.58. The van der Waals surface area contributed by atoms with E-state index in [-0.39, 0.29) is 26.4 Å². The molecule has 5 aromatic carbocycles. The molecule has 0 bridgehead atoms. The van der Waals surface area contributed by atoms with Crippen molar-refractivity contribution >= 4 is 17.1 Å². The highest BCUT2D eigenvalue weighted by Gasteiger charge is 2.40. The van der Waals surface area contributed by atoms with Crippen LogP contribution in [0.2, 0.25) is 0 Å². The average molecular weight is 1140 g/mol. The van der Waals surface area contributed by atoms with Crippen molar-refractivity contribution in [2.75, 3.05) is 187 Å². The lowest BCUT2D eigenvalue weighted by Gasteiger charge is -2.34. The van der Waals surface area contributed by atoms with Gasteiger partial charge in [-0.2, -0.15) is 5.26 Å². The second-order valence-electron chi connectivity index (χ2n) is 19.8. The molecule has 0 aliphatic carbocycles. The summed E-state index contributed by atoms with van der Waals surface area (Å²) in [5.41, 5.74) is 8.04. The predicted octanol–water partition coefficient (Wildman–Crippen LogP) is 6.11. The number of nitriles is 1. The number of aliphatic hydroxyl groups is 4. The Kier molecular flexibility index (Phi) is 32.7. The van der Waals surface area contributed by atoms with Gasteiger partial charge in [0.15, 0.2) is 0 Å². The second-order valence-corrected chi connectivity index (χ2v) is 19.8. The highest BCUT2D eigenvalue weighted by molar-refractivity contribution is 5.66.